The average Bonchev–Trinajstić information content (AvgIpc) is 3.54. The van der Waals surface area contributed by atoms with Gasteiger partial charge in [0.2, 0.25) is 0 Å². The van der Waals surface area contributed by atoms with Crippen molar-refractivity contribution in [3.05, 3.63) is 60.3 Å². The number of imidazole rings is 1. The molecule has 6 rings (SSSR count). The number of pyridine rings is 2. The molecule has 0 atom stereocenters. The van der Waals surface area contributed by atoms with Gasteiger partial charge < -0.3 is 9.55 Å². The number of hydrogen-bond donors (Lipinski definition) is 2. The second kappa shape index (κ2) is 6.36. The van der Waals surface area contributed by atoms with Crippen LogP contribution in [0.2, 0.25) is 0 Å². The zero-order valence-corrected chi connectivity index (χ0v) is 17.2. The molecule has 6 heterocycles. The number of thiophene rings is 1. The maximum absolute atomic E-state index is 4.60. The molecular weight excluding hydrogens is 394 g/mol. The summed E-state index contributed by atoms with van der Waals surface area (Å²) in [5.74, 6) is 0.948. The summed E-state index contributed by atoms with van der Waals surface area (Å²) >= 11 is 1.71. The van der Waals surface area contributed by atoms with Gasteiger partial charge >= 0.3 is 0 Å². The molecule has 0 aliphatic rings. The van der Waals surface area contributed by atoms with Crippen molar-refractivity contribution in [3.63, 3.8) is 0 Å². The van der Waals surface area contributed by atoms with Crippen molar-refractivity contribution in [2.45, 2.75) is 6.92 Å². The number of aromatic nitrogens is 7. The largest absolute Gasteiger partial charge is 0.352 e. The lowest BCUT2D eigenvalue weighted by atomic mass is 10.1. The van der Waals surface area contributed by atoms with Gasteiger partial charge in [-0.15, -0.1) is 11.3 Å². The van der Waals surface area contributed by atoms with Gasteiger partial charge in [0, 0.05) is 34.5 Å². The fraction of sp³-hybridized carbons (Fsp3) is 0.0909. The van der Waals surface area contributed by atoms with Gasteiger partial charge in [-0.05, 0) is 30.5 Å². The molecule has 0 aromatic carbocycles. The molecule has 7 nitrogen and oxygen atoms in total. The van der Waals surface area contributed by atoms with Gasteiger partial charge in [0.15, 0.2) is 0 Å². The van der Waals surface area contributed by atoms with Crippen LogP contribution in [-0.4, -0.2) is 34.7 Å². The fourth-order valence-corrected chi connectivity index (χ4v) is 4.56. The normalized spacial score (nSPS) is 11.7. The zero-order valence-electron chi connectivity index (χ0n) is 16.3. The van der Waals surface area contributed by atoms with Crippen molar-refractivity contribution in [1.82, 2.24) is 34.7 Å². The third kappa shape index (κ3) is 2.50. The summed E-state index contributed by atoms with van der Waals surface area (Å²) in [6.07, 6.45) is 7.45. The van der Waals surface area contributed by atoms with Gasteiger partial charge in [0.05, 0.1) is 46.7 Å². The number of nitrogens with one attached hydrogen (secondary N) is 2. The topological polar surface area (TPSA) is 88.1 Å². The monoisotopic (exact) mass is 411 g/mol. The summed E-state index contributed by atoms with van der Waals surface area (Å²) in [5, 5.41) is 11.9. The first-order valence-corrected chi connectivity index (χ1v) is 10.4. The van der Waals surface area contributed by atoms with E-state index in [1.54, 1.807) is 11.3 Å². The molecule has 8 heteroatoms. The summed E-state index contributed by atoms with van der Waals surface area (Å²) in [6.45, 7) is 1.98. The molecule has 0 aliphatic carbocycles. The van der Waals surface area contributed by atoms with Crippen molar-refractivity contribution < 1.29 is 0 Å². The number of H-pyrrole nitrogens is 2. The molecule has 30 heavy (non-hydrogen) atoms. The van der Waals surface area contributed by atoms with Gasteiger partial charge in [-0.25, -0.2) is 4.98 Å². The Bertz CT molecular complexity index is 1520. The molecule has 6 aromatic rings. The zero-order chi connectivity index (χ0) is 20.2. The average molecular weight is 411 g/mol. The van der Waals surface area contributed by atoms with E-state index in [4.69, 9.17) is 0 Å². The van der Waals surface area contributed by atoms with E-state index in [-0.39, 0.29) is 0 Å². The molecule has 0 spiro atoms. The highest BCUT2D eigenvalue weighted by molar-refractivity contribution is 7.13. The number of aryl methyl sites for hydroxylation is 1. The van der Waals surface area contributed by atoms with Crippen LogP contribution in [-0.2, 0) is 7.05 Å². The number of aromatic amines is 2. The van der Waals surface area contributed by atoms with Crippen LogP contribution in [0.1, 0.15) is 5.82 Å². The quantitative estimate of drug-likeness (QED) is 0.432. The Morgan fingerprint density at radius 3 is 2.73 bits per heavy atom. The fourth-order valence-electron chi connectivity index (χ4n) is 3.81. The lowest BCUT2D eigenvalue weighted by molar-refractivity contribution is 0.862. The number of rotatable bonds is 3. The van der Waals surface area contributed by atoms with Crippen molar-refractivity contribution in [1.29, 1.82) is 0 Å². The molecule has 0 bridgehead atoms. The first-order valence-electron chi connectivity index (χ1n) is 9.53. The molecule has 0 unspecified atom stereocenters. The number of fused-ring (bicyclic) bond motifs is 2. The van der Waals surface area contributed by atoms with E-state index in [0.717, 1.165) is 56.0 Å². The molecule has 0 aliphatic heterocycles. The van der Waals surface area contributed by atoms with Gasteiger partial charge in [-0.3, -0.25) is 15.1 Å². The Morgan fingerprint density at radius 1 is 1.00 bits per heavy atom. The Labute approximate surface area is 175 Å². The van der Waals surface area contributed by atoms with E-state index < -0.39 is 0 Å². The predicted octanol–water partition coefficient (Wildman–Crippen LogP) is 4.94. The Hall–Kier alpha value is -3.78. The molecule has 2 N–H and O–H groups in total. The smallest absolute Gasteiger partial charge is 0.116 e. The Morgan fingerprint density at radius 2 is 1.93 bits per heavy atom. The molecular formula is C22H17N7S. The van der Waals surface area contributed by atoms with E-state index >= 15 is 0 Å². The van der Waals surface area contributed by atoms with Crippen LogP contribution < -0.4 is 0 Å². The lowest BCUT2D eigenvalue weighted by Crippen LogP contribution is -1.95. The predicted molar refractivity (Wildman–Crippen MR) is 119 cm³/mol. The van der Waals surface area contributed by atoms with Gasteiger partial charge in [0.25, 0.3) is 0 Å². The maximum Gasteiger partial charge on any atom is 0.116 e. The minimum atomic E-state index is 0.862. The third-order valence-corrected chi connectivity index (χ3v) is 6.42. The van der Waals surface area contributed by atoms with Crippen LogP contribution in [0.5, 0.6) is 0 Å². The third-order valence-electron chi connectivity index (χ3n) is 5.52. The molecule has 146 valence electrons. The molecule has 6 aromatic heterocycles. The lowest BCUT2D eigenvalue weighted by Gasteiger charge is -2.03. The van der Waals surface area contributed by atoms with Gasteiger partial charge in [0.1, 0.15) is 11.5 Å². The van der Waals surface area contributed by atoms with E-state index in [1.165, 1.54) is 4.88 Å². The Kier molecular flexibility index (Phi) is 3.63. The van der Waals surface area contributed by atoms with Crippen LogP contribution in [0.25, 0.3) is 55.0 Å². The second-order valence-electron chi connectivity index (χ2n) is 7.25. The Balaban J connectivity index is 1.53. The van der Waals surface area contributed by atoms with E-state index in [1.807, 2.05) is 43.3 Å². The van der Waals surface area contributed by atoms with Crippen molar-refractivity contribution in [2.75, 3.05) is 0 Å². The van der Waals surface area contributed by atoms with E-state index in [0.29, 0.717) is 0 Å². The van der Waals surface area contributed by atoms with Gasteiger partial charge in [-0.1, -0.05) is 6.07 Å². The van der Waals surface area contributed by atoms with Gasteiger partial charge in [-0.2, -0.15) is 5.10 Å². The van der Waals surface area contributed by atoms with Crippen LogP contribution >= 0.6 is 11.3 Å². The highest BCUT2D eigenvalue weighted by atomic mass is 32.1. The van der Waals surface area contributed by atoms with Crippen LogP contribution in [0.3, 0.4) is 0 Å². The summed E-state index contributed by atoms with van der Waals surface area (Å²) in [4.78, 5) is 18.1. The van der Waals surface area contributed by atoms with E-state index in [9.17, 15) is 0 Å². The minimum absolute atomic E-state index is 0.862. The number of nitrogens with zero attached hydrogens (tertiary/aromatic N) is 5. The number of hydrogen-bond acceptors (Lipinski definition) is 5. The van der Waals surface area contributed by atoms with Crippen molar-refractivity contribution in [3.8, 4) is 33.2 Å². The standard InChI is InChI=1S/C22H17N7S/c1-12-24-11-20(29(12)2)16-7-14-19(10-25-16)27-28-22(14)17-6-13-15(21-4-3-5-30-21)8-23-9-18(13)26-17/h3-11,26H,1-2H3,(H,27,28). The molecule has 0 saturated carbocycles. The first kappa shape index (κ1) is 17.1. The van der Waals surface area contributed by atoms with Crippen molar-refractivity contribution >= 4 is 33.1 Å². The van der Waals surface area contributed by atoms with Crippen LogP contribution in [0.4, 0.5) is 0 Å². The summed E-state index contributed by atoms with van der Waals surface area (Å²) in [6, 6.07) is 8.39. The SMILES string of the molecule is Cc1ncc(-c2cc3c(-c4cc5c(-c6cccs6)cncc5[nH]4)n[nH]c3cn2)n1C. The van der Waals surface area contributed by atoms with Crippen molar-refractivity contribution in [2.24, 2.45) is 7.05 Å². The van der Waals surface area contributed by atoms with E-state index in [2.05, 4.69) is 59.8 Å². The summed E-state index contributed by atoms with van der Waals surface area (Å²) in [7, 11) is 2.00. The highest BCUT2D eigenvalue weighted by Gasteiger charge is 2.16. The molecule has 0 saturated heterocycles. The summed E-state index contributed by atoms with van der Waals surface area (Å²) < 4.78 is 2.04. The molecule has 0 fully saturated rings. The molecule has 0 amide bonds. The second-order valence-corrected chi connectivity index (χ2v) is 8.19. The molecule has 0 radical (unpaired) electrons. The first-order chi connectivity index (χ1) is 14.7. The van der Waals surface area contributed by atoms with Crippen LogP contribution in [0.15, 0.2) is 54.4 Å². The highest BCUT2D eigenvalue weighted by Crippen LogP contribution is 2.35. The summed E-state index contributed by atoms with van der Waals surface area (Å²) in [5.41, 5.74) is 6.65. The minimum Gasteiger partial charge on any atom is -0.352 e. The van der Waals surface area contributed by atoms with Crippen LogP contribution in [0, 0.1) is 6.92 Å². The maximum atomic E-state index is 4.60.